The number of fused-ring (bicyclic) bond motifs is 1. The minimum absolute atomic E-state index is 0.0661. The van der Waals surface area contributed by atoms with E-state index in [0.717, 1.165) is 74.6 Å². The molecule has 2 aliphatic rings. The fourth-order valence-corrected chi connectivity index (χ4v) is 6.35. The molecule has 12 nitrogen and oxygen atoms in total. The SMILES string of the molecule is O=C(O)NCC1(O)CCN(C2CCN(c3nc4ccc(C(=O)NCCCn5ccnc5)cc4nc3-c3ccccc3)CC2)CC1. The van der Waals surface area contributed by atoms with E-state index in [9.17, 15) is 14.7 Å². The van der Waals surface area contributed by atoms with Crippen molar-refractivity contribution in [2.24, 2.45) is 0 Å². The third-order valence-electron chi connectivity index (χ3n) is 8.97. The van der Waals surface area contributed by atoms with Crippen LogP contribution in [-0.2, 0) is 6.54 Å². The average Bonchev–Trinajstić information content (AvgIpc) is 3.59. The molecule has 12 heteroatoms. The van der Waals surface area contributed by atoms with Crippen molar-refractivity contribution < 1.29 is 19.8 Å². The highest BCUT2D eigenvalue weighted by molar-refractivity contribution is 5.98. The standard InChI is InChI=1S/C33H40N8O4/c42-31(35-13-4-15-39-20-14-34-23-39)25-7-8-27-28(21-25)37-29(24-5-2-1-3-6-24)30(38-27)41-16-9-26(10-17-41)40-18-11-33(45,12-19-40)22-36-32(43)44/h1-3,5-8,14,20-21,23,26,36,45H,4,9-13,15-19,22H2,(H,35,42)(H,43,44). The largest absolute Gasteiger partial charge is 0.465 e. The molecule has 2 amide bonds. The first-order chi connectivity index (χ1) is 21.9. The van der Waals surface area contributed by atoms with Crippen molar-refractivity contribution in [3.05, 3.63) is 72.8 Å². The van der Waals surface area contributed by atoms with Gasteiger partial charge in [0.2, 0.25) is 0 Å². The predicted molar refractivity (Wildman–Crippen MR) is 171 cm³/mol. The van der Waals surface area contributed by atoms with Crippen LogP contribution in [0.2, 0.25) is 0 Å². The molecule has 2 saturated heterocycles. The number of imidazole rings is 1. The summed E-state index contributed by atoms with van der Waals surface area (Å²) in [4.78, 5) is 42.8. The van der Waals surface area contributed by atoms with Gasteiger partial charge >= 0.3 is 6.09 Å². The van der Waals surface area contributed by atoms with E-state index in [-0.39, 0.29) is 12.5 Å². The summed E-state index contributed by atoms with van der Waals surface area (Å²) in [5.41, 5.74) is 2.77. The molecule has 2 aromatic heterocycles. The number of nitrogens with zero attached hydrogens (tertiary/aromatic N) is 6. The Labute approximate surface area is 262 Å². The van der Waals surface area contributed by atoms with Gasteiger partial charge in [-0.3, -0.25) is 4.79 Å². The van der Waals surface area contributed by atoms with Gasteiger partial charge in [-0.25, -0.2) is 19.7 Å². The number of nitrogens with one attached hydrogen (secondary N) is 2. The number of carboxylic acid groups (broad SMARTS) is 1. The van der Waals surface area contributed by atoms with Crippen molar-refractivity contribution >= 4 is 28.9 Å². The third kappa shape index (κ3) is 7.40. The molecule has 0 unspecified atom stereocenters. The smallest absolute Gasteiger partial charge is 0.404 e. The van der Waals surface area contributed by atoms with Crippen LogP contribution in [0.4, 0.5) is 10.6 Å². The molecule has 0 atom stereocenters. The van der Waals surface area contributed by atoms with Crippen molar-refractivity contribution in [2.45, 2.75) is 50.3 Å². The first-order valence-corrected chi connectivity index (χ1v) is 15.7. The van der Waals surface area contributed by atoms with Gasteiger partial charge in [-0.05, 0) is 50.3 Å². The number of anilines is 1. The maximum atomic E-state index is 12.9. The Hall–Kier alpha value is -4.55. The Morgan fingerprint density at radius 1 is 0.956 bits per heavy atom. The first kappa shape index (κ1) is 30.5. The zero-order valence-electron chi connectivity index (χ0n) is 25.3. The number of carbonyl (C=O) groups excluding carboxylic acids is 1. The quantitative estimate of drug-likeness (QED) is 0.198. The number of aliphatic hydroxyl groups is 1. The van der Waals surface area contributed by atoms with Crippen LogP contribution >= 0.6 is 0 Å². The van der Waals surface area contributed by atoms with Crippen molar-refractivity contribution in [2.75, 3.05) is 44.2 Å². The lowest BCUT2D eigenvalue weighted by atomic mass is 9.89. The van der Waals surface area contributed by atoms with Gasteiger partial charge in [-0.15, -0.1) is 0 Å². The summed E-state index contributed by atoms with van der Waals surface area (Å²) in [6.45, 7) is 4.55. The topological polar surface area (TPSA) is 149 Å². The van der Waals surface area contributed by atoms with Crippen LogP contribution in [0.5, 0.6) is 0 Å². The molecule has 4 aromatic rings. The average molecular weight is 613 g/mol. The molecule has 0 bridgehead atoms. The van der Waals surface area contributed by atoms with E-state index in [1.807, 2.05) is 59.3 Å². The number of hydrogen-bond donors (Lipinski definition) is 4. The van der Waals surface area contributed by atoms with Crippen LogP contribution in [-0.4, -0.2) is 97.5 Å². The van der Waals surface area contributed by atoms with Crippen molar-refractivity contribution in [3.63, 3.8) is 0 Å². The van der Waals surface area contributed by atoms with E-state index in [4.69, 9.17) is 15.1 Å². The summed E-state index contributed by atoms with van der Waals surface area (Å²) in [5.74, 6) is 0.711. The fraction of sp³-hybridized carbons (Fsp3) is 0.424. The zero-order chi connectivity index (χ0) is 31.2. The second-order valence-electron chi connectivity index (χ2n) is 12.0. The number of benzene rings is 2. The monoisotopic (exact) mass is 612 g/mol. The van der Waals surface area contributed by atoms with Crippen LogP contribution < -0.4 is 15.5 Å². The maximum Gasteiger partial charge on any atom is 0.404 e. The van der Waals surface area contributed by atoms with Crippen molar-refractivity contribution in [1.29, 1.82) is 0 Å². The van der Waals surface area contributed by atoms with E-state index in [1.165, 1.54) is 0 Å². The van der Waals surface area contributed by atoms with Gasteiger partial charge in [-0.1, -0.05) is 30.3 Å². The van der Waals surface area contributed by atoms with Gasteiger partial charge in [0.05, 0.1) is 23.0 Å². The molecule has 0 spiro atoms. The second kappa shape index (κ2) is 13.6. The lowest BCUT2D eigenvalue weighted by molar-refractivity contribution is -0.0311. The molecule has 2 fully saturated rings. The Morgan fingerprint density at radius 3 is 2.44 bits per heavy atom. The highest BCUT2D eigenvalue weighted by Crippen LogP contribution is 2.33. The highest BCUT2D eigenvalue weighted by atomic mass is 16.4. The van der Waals surface area contributed by atoms with E-state index in [1.54, 1.807) is 12.5 Å². The summed E-state index contributed by atoms with van der Waals surface area (Å²) >= 11 is 0. The maximum absolute atomic E-state index is 12.9. The highest BCUT2D eigenvalue weighted by Gasteiger charge is 2.36. The number of carbonyl (C=O) groups is 2. The Kier molecular flexibility index (Phi) is 9.22. The summed E-state index contributed by atoms with van der Waals surface area (Å²) in [6.07, 6.45) is 8.13. The summed E-state index contributed by atoms with van der Waals surface area (Å²) in [7, 11) is 0. The normalized spacial score (nSPS) is 17.3. The molecule has 2 aromatic carbocycles. The third-order valence-corrected chi connectivity index (χ3v) is 8.97. The van der Waals surface area contributed by atoms with Gasteiger partial charge in [0, 0.05) is 75.4 Å². The van der Waals surface area contributed by atoms with Crippen molar-refractivity contribution in [1.82, 2.24) is 35.1 Å². The molecular formula is C33H40N8O4. The van der Waals surface area contributed by atoms with Gasteiger partial charge in [0.15, 0.2) is 5.82 Å². The molecule has 0 aliphatic carbocycles. The Morgan fingerprint density at radius 2 is 1.73 bits per heavy atom. The molecule has 4 N–H and O–H groups in total. The molecule has 4 heterocycles. The number of aryl methyl sites for hydroxylation is 1. The molecule has 2 aliphatic heterocycles. The van der Waals surface area contributed by atoms with Crippen LogP contribution in [0.15, 0.2) is 67.3 Å². The predicted octanol–water partition coefficient (Wildman–Crippen LogP) is 3.38. The van der Waals surface area contributed by atoms with Crippen LogP contribution in [0, 0.1) is 0 Å². The second-order valence-corrected chi connectivity index (χ2v) is 12.0. The number of piperidine rings is 2. The molecule has 6 rings (SSSR count). The van der Waals surface area contributed by atoms with E-state index >= 15 is 0 Å². The number of aromatic nitrogens is 4. The number of likely N-dealkylation sites (tertiary alicyclic amines) is 1. The van der Waals surface area contributed by atoms with Crippen LogP contribution in [0.1, 0.15) is 42.5 Å². The molecule has 0 saturated carbocycles. The van der Waals surface area contributed by atoms with Crippen molar-refractivity contribution in [3.8, 4) is 11.3 Å². The van der Waals surface area contributed by atoms with E-state index in [2.05, 4.69) is 25.4 Å². The van der Waals surface area contributed by atoms with E-state index < -0.39 is 11.7 Å². The fourth-order valence-electron chi connectivity index (χ4n) is 6.35. The van der Waals surface area contributed by atoms with E-state index in [0.29, 0.717) is 36.5 Å². The molecule has 0 radical (unpaired) electrons. The van der Waals surface area contributed by atoms with Crippen LogP contribution in [0.25, 0.3) is 22.3 Å². The minimum atomic E-state index is -1.11. The first-order valence-electron chi connectivity index (χ1n) is 15.7. The lowest BCUT2D eigenvalue weighted by Crippen LogP contribution is -2.54. The minimum Gasteiger partial charge on any atom is -0.465 e. The van der Waals surface area contributed by atoms with Crippen LogP contribution in [0.3, 0.4) is 0 Å². The van der Waals surface area contributed by atoms with Gasteiger partial charge < -0.3 is 35.2 Å². The molecular weight excluding hydrogens is 572 g/mol. The molecule has 236 valence electrons. The Balaban J connectivity index is 1.13. The molecule has 45 heavy (non-hydrogen) atoms. The summed E-state index contributed by atoms with van der Waals surface area (Å²) < 4.78 is 1.99. The number of rotatable bonds is 10. The Bertz CT molecular complexity index is 1600. The number of hydrogen-bond acceptors (Lipinski definition) is 8. The van der Waals surface area contributed by atoms with Gasteiger partial charge in [0.1, 0.15) is 5.69 Å². The zero-order valence-corrected chi connectivity index (χ0v) is 25.3. The summed E-state index contributed by atoms with van der Waals surface area (Å²) in [6, 6.07) is 15.9. The van der Waals surface area contributed by atoms with Gasteiger partial charge in [-0.2, -0.15) is 0 Å². The lowest BCUT2D eigenvalue weighted by Gasteiger charge is -2.44. The number of amides is 2. The summed E-state index contributed by atoms with van der Waals surface area (Å²) in [5, 5.41) is 25.0. The van der Waals surface area contributed by atoms with Gasteiger partial charge in [0.25, 0.3) is 5.91 Å².